The minimum atomic E-state index is -0.897. The van der Waals surface area contributed by atoms with Crippen LogP contribution in [0.25, 0.3) is 0 Å². The largest absolute Gasteiger partial charge is 0.481 e. The first kappa shape index (κ1) is 15.3. The Balaban J connectivity index is 2.25. The van der Waals surface area contributed by atoms with E-state index >= 15 is 0 Å². The topological polar surface area (TPSA) is 57.6 Å². The quantitative estimate of drug-likeness (QED) is 0.870. The van der Waals surface area contributed by atoms with Crippen molar-refractivity contribution in [2.45, 2.75) is 26.7 Å². The van der Waals surface area contributed by atoms with Crippen molar-refractivity contribution >= 4 is 17.6 Å². The van der Waals surface area contributed by atoms with Crippen LogP contribution in [0.5, 0.6) is 0 Å². The number of anilines is 1. The number of carboxylic acids is 1. The number of amides is 1. The van der Waals surface area contributed by atoms with Gasteiger partial charge in [-0.3, -0.25) is 9.59 Å². The van der Waals surface area contributed by atoms with Crippen LogP contribution in [0, 0.1) is 25.7 Å². The highest BCUT2D eigenvalue weighted by molar-refractivity contribution is 5.97. The summed E-state index contributed by atoms with van der Waals surface area (Å²) in [5.41, 5.74) is 2.99. The van der Waals surface area contributed by atoms with E-state index < -0.39 is 17.8 Å². The van der Waals surface area contributed by atoms with Gasteiger partial charge in [0, 0.05) is 12.7 Å². The molecule has 2 rings (SSSR count). The molecule has 21 heavy (non-hydrogen) atoms. The van der Waals surface area contributed by atoms with Gasteiger partial charge in [-0.15, -0.1) is 0 Å². The van der Waals surface area contributed by atoms with Gasteiger partial charge < -0.3 is 10.0 Å². The molecule has 0 bridgehead atoms. The lowest BCUT2D eigenvalue weighted by Gasteiger charge is -2.29. The Labute approximate surface area is 125 Å². The number of aryl methyl sites for hydroxylation is 2. The van der Waals surface area contributed by atoms with Crippen LogP contribution < -0.4 is 4.90 Å². The number of carbonyl (C=O) groups excluding carboxylic acids is 1. The van der Waals surface area contributed by atoms with Crippen LogP contribution >= 0.6 is 0 Å². The predicted molar refractivity (Wildman–Crippen MR) is 82.3 cm³/mol. The van der Waals surface area contributed by atoms with Crippen LogP contribution in [0.3, 0.4) is 0 Å². The Hall–Kier alpha value is -2.10. The van der Waals surface area contributed by atoms with Crippen LogP contribution in [0.15, 0.2) is 30.4 Å². The molecule has 1 aliphatic rings. The molecule has 1 aromatic rings. The number of hydrogen-bond acceptors (Lipinski definition) is 2. The molecule has 1 amide bonds. The normalized spacial score (nSPS) is 21.1. The summed E-state index contributed by atoms with van der Waals surface area (Å²) in [4.78, 5) is 25.6. The van der Waals surface area contributed by atoms with Crippen molar-refractivity contribution in [3.8, 4) is 0 Å². The number of carboxylic acid groups (broad SMARTS) is 1. The number of allylic oxidation sites excluding steroid dienone is 2. The van der Waals surface area contributed by atoms with Crippen molar-refractivity contribution in [3.05, 3.63) is 41.5 Å². The highest BCUT2D eigenvalue weighted by Crippen LogP contribution is 2.29. The minimum absolute atomic E-state index is 0.128. The average Bonchev–Trinajstić information content (AvgIpc) is 2.44. The summed E-state index contributed by atoms with van der Waals surface area (Å²) in [6, 6.07) is 5.93. The zero-order chi connectivity index (χ0) is 15.6. The first-order chi connectivity index (χ1) is 9.90. The first-order valence-corrected chi connectivity index (χ1v) is 7.14. The smallest absolute Gasteiger partial charge is 0.307 e. The van der Waals surface area contributed by atoms with Gasteiger partial charge in [-0.1, -0.05) is 18.2 Å². The summed E-state index contributed by atoms with van der Waals surface area (Å²) in [7, 11) is 1.72. The van der Waals surface area contributed by atoms with Crippen molar-refractivity contribution in [1.29, 1.82) is 0 Å². The van der Waals surface area contributed by atoms with Gasteiger partial charge in [0.15, 0.2) is 0 Å². The molecule has 1 aromatic carbocycles. The molecule has 0 aromatic heterocycles. The Morgan fingerprint density at radius 1 is 1.05 bits per heavy atom. The van der Waals surface area contributed by atoms with E-state index in [1.165, 1.54) is 0 Å². The van der Waals surface area contributed by atoms with E-state index in [0.717, 1.165) is 16.8 Å². The number of nitrogens with zero attached hydrogens (tertiary/aromatic N) is 1. The fourth-order valence-corrected chi connectivity index (χ4v) is 2.88. The van der Waals surface area contributed by atoms with Gasteiger partial charge in [-0.05, 0) is 49.9 Å². The molecule has 2 atom stereocenters. The van der Waals surface area contributed by atoms with E-state index in [0.29, 0.717) is 12.8 Å². The van der Waals surface area contributed by atoms with E-state index in [2.05, 4.69) is 0 Å². The summed E-state index contributed by atoms with van der Waals surface area (Å²) in [6.45, 7) is 3.97. The molecule has 0 saturated heterocycles. The third-order valence-corrected chi connectivity index (χ3v) is 3.99. The van der Waals surface area contributed by atoms with Gasteiger partial charge in [0.05, 0.1) is 11.8 Å². The second-order valence-corrected chi connectivity index (χ2v) is 5.74. The highest BCUT2D eigenvalue weighted by Gasteiger charge is 2.35. The van der Waals surface area contributed by atoms with E-state index in [1.54, 1.807) is 11.9 Å². The van der Waals surface area contributed by atoms with Gasteiger partial charge >= 0.3 is 5.97 Å². The van der Waals surface area contributed by atoms with Crippen LogP contribution in [0.4, 0.5) is 5.69 Å². The van der Waals surface area contributed by atoms with Crippen molar-refractivity contribution in [2.75, 3.05) is 11.9 Å². The Bertz CT molecular complexity index is 571. The highest BCUT2D eigenvalue weighted by atomic mass is 16.4. The summed E-state index contributed by atoms with van der Waals surface area (Å²) >= 11 is 0. The second kappa shape index (κ2) is 6.12. The molecule has 0 fully saturated rings. The van der Waals surface area contributed by atoms with Crippen molar-refractivity contribution < 1.29 is 14.7 Å². The maximum atomic E-state index is 12.7. The maximum Gasteiger partial charge on any atom is 0.307 e. The molecule has 2 unspecified atom stereocenters. The lowest BCUT2D eigenvalue weighted by atomic mass is 9.82. The van der Waals surface area contributed by atoms with Crippen LogP contribution in [0.2, 0.25) is 0 Å². The molecule has 1 N–H and O–H groups in total. The van der Waals surface area contributed by atoms with Gasteiger partial charge in [0.1, 0.15) is 0 Å². The summed E-state index contributed by atoms with van der Waals surface area (Å²) in [5, 5.41) is 9.29. The molecule has 0 heterocycles. The predicted octanol–water partition coefficient (Wildman–Crippen LogP) is 2.93. The standard InChI is InChI=1S/C17H21NO3/c1-11-8-12(2)10-13(9-11)18(3)16(19)14-6-4-5-7-15(14)17(20)21/h4-5,8-10,14-15H,6-7H2,1-3H3,(H,20,21). The second-order valence-electron chi connectivity index (χ2n) is 5.74. The molecule has 1 aliphatic carbocycles. The van der Waals surface area contributed by atoms with Gasteiger partial charge in [0.25, 0.3) is 0 Å². The maximum absolute atomic E-state index is 12.7. The summed E-state index contributed by atoms with van der Waals surface area (Å²) in [5.74, 6) is -2.14. The zero-order valence-corrected chi connectivity index (χ0v) is 12.7. The SMILES string of the molecule is Cc1cc(C)cc(N(C)C(=O)C2CC=CCC2C(=O)O)c1. The molecular formula is C17H21NO3. The number of carbonyl (C=O) groups is 2. The Morgan fingerprint density at radius 2 is 1.57 bits per heavy atom. The van der Waals surface area contributed by atoms with Crippen molar-refractivity contribution in [2.24, 2.45) is 11.8 Å². The summed E-state index contributed by atoms with van der Waals surface area (Å²) < 4.78 is 0. The average molecular weight is 287 g/mol. The minimum Gasteiger partial charge on any atom is -0.481 e. The van der Waals surface area contributed by atoms with E-state index in [-0.39, 0.29) is 5.91 Å². The first-order valence-electron chi connectivity index (χ1n) is 7.14. The number of aliphatic carboxylic acids is 1. The molecule has 0 saturated carbocycles. The monoisotopic (exact) mass is 287 g/mol. The van der Waals surface area contributed by atoms with Crippen LogP contribution in [0.1, 0.15) is 24.0 Å². The van der Waals surface area contributed by atoms with E-state index in [1.807, 2.05) is 44.2 Å². The summed E-state index contributed by atoms with van der Waals surface area (Å²) in [6.07, 6.45) is 4.66. The van der Waals surface area contributed by atoms with E-state index in [9.17, 15) is 14.7 Å². The number of hydrogen-bond donors (Lipinski definition) is 1. The van der Waals surface area contributed by atoms with Gasteiger partial charge in [-0.25, -0.2) is 0 Å². The number of benzene rings is 1. The molecule has 0 aliphatic heterocycles. The molecular weight excluding hydrogens is 266 g/mol. The zero-order valence-electron chi connectivity index (χ0n) is 12.7. The fourth-order valence-electron chi connectivity index (χ4n) is 2.88. The lowest BCUT2D eigenvalue weighted by Crippen LogP contribution is -2.40. The Morgan fingerprint density at radius 3 is 2.10 bits per heavy atom. The molecule has 0 spiro atoms. The van der Waals surface area contributed by atoms with Crippen molar-refractivity contribution in [3.63, 3.8) is 0 Å². The molecule has 4 heteroatoms. The van der Waals surface area contributed by atoms with Crippen molar-refractivity contribution in [1.82, 2.24) is 0 Å². The molecule has 0 radical (unpaired) electrons. The fraction of sp³-hybridized carbons (Fsp3) is 0.412. The van der Waals surface area contributed by atoms with Gasteiger partial charge in [0.2, 0.25) is 5.91 Å². The van der Waals surface area contributed by atoms with Crippen LogP contribution in [-0.4, -0.2) is 24.0 Å². The third-order valence-electron chi connectivity index (χ3n) is 3.99. The number of rotatable bonds is 3. The third kappa shape index (κ3) is 3.32. The van der Waals surface area contributed by atoms with Gasteiger partial charge in [-0.2, -0.15) is 0 Å². The lowest BCUT2D eigenvalue weighted by molar-refractivity contribution is -0.146. The molecule has 4 nitrogen and oxygen atoms in total. The molecule has 112 valence electrons. The van der Waals surface area contributed by atoms with E-state index in [4.69, 9.17) is 0 Å². The Kier molecular flexibility index (Phi) is 4.46. The van der Waals surface area contributed by atoms with Crippen LogP contribution in [-0.2, 0) is 9.59 Å².